The number of nitrogen functional groups attached to an aromatic ring is 1. The molecule has 174 valence electrons. The SMILES string of the molecule is COCCn1cc(NC(=O)c2cc(OC(C)c3c(O)ccc(C)c3C)c(N)nn2)ccc1=O. The normalized spacial score (nSPS) is 11.8. The summed E-state index contributed by atoms with van der Waals surface area (Å²) in [7, 11) is 1.54. The van der Waals surface area contributed by atoms with Crippen LogP contribution in [-0.4, -0.2) is 39.5 Å². The topological polar surface area (TPSA) is 142 Å². The van der Waals surface area contributed by atoms with Crippen LogP contribution in [0.5, 0.6) is 11.5 Å². The summed E-state index contributed by atoms with van der Waals surface area (Å²) in [6.45, 7) is 6.30. The number of nitrogens with two attached hydrogens (primary N) is 1. The molecule has 1 unspecified atom stereocenters. The molecule has 1 amide bonds. The lowest BCUT2D eigenvalue weighted by Crippen LogP contribution is -2.22. The number of aromatic nitrogens is 3. The van der Waals surface area contributed by atoms with E-state index in [1.54, 1.807) is 20.1 Å². The van der Waals surface area contributed by atoms with E-state index in [9.17, 15) is 14.7 Å². The summed E-state index contributed by atoms with van der Waals surface area (Å²) in [5, 5.41) is 20.7. The molecule has 0 fully saturated rings. The van der Waals surface area contributed by atoms with Crippen LogP contribution in [-0.2, 0) is 11.3 Å². The number of rotatable bonds is 8. The number of anilines is 2. The van der Waals surface area contributed by atoms with Crippen LogP contribution in [0.1, 0.15) is 40.2 Å². The summed E-state index contributed by atoms with van der Waals surface area (Å²) in [6.07, 6.45) is 0.962. The van der Waals surface area contributed by atoms with E-state index in [4.69, 9.17) is 15.2 Å². The number of carbonyl (C=O) groups excluding carboxylic acids is 1. The van der Waals surface area contributed by atoms with Crippen molar-refractivity contribution in [1.82, 2.24) is 14.8 Å². The van der Waals surface area contributed by atoms with E-state index in [2.05, 4.69) is 15.5 Å². The monoisotopic (exact) mass is 453 g/mol. The van der Waals surface area contributed by atoms with Crippen molar-refractivity contribution in [2.24, 2.45) is 0 Å². The first-order valence-corrected chi connectivity index (χ1v) is 10.3. The Bertz CT molecular complexity index is 1220. The molecule has 0 bridgehead atoms. The van der Waals surface area contributed by atoms with Crippen molar-refractivity contribution >= 4 is 17.4 Å². The molecule has 0 radical (unpaired) electrons. The first kappa shape index (κ1) is 23.7. The number of methoxy groups -OCH3 is 1. The maximum atomic E-state index is 12.7. The van der Waals surface area contributed by atoms with Crippen LogP contribution in [0.4, 0.5) is 11.5 Å². The van der Waals surface area contributed by atoms with Gasteiger partial charge in [-0.1, -0.05) is 6.07 Å². The number of nitrogens with one attached hydrogen (secondary N) is 1. The maximum absolute atomic E-state index is 12.7. The van der Waals surface area contributed by atoms with Gasteiger partial charge in [0.1, 0.15) is 11.9 Å². The fourth-order valence-corrected chi connectivity index (χ4v) is 3.34. The average molecular weight is 453 g/mol. The first-order chi connectivity index (χ1) is 15.7. The molecular formula is C23H27N5O5. The summed E-state index contributed by atoms with van der Waals surface area (Å²) in [4.78, 5) is 24.7. The Kier molecular flexibility index (Phi) is 7.29. The predicted octanol–water partition coefficient (Wildman–Crippen LogP) is 2.58. The van der Waals surface area contributed by atoms with E-state index in [-0.39, 0.29) is 28.6 Å². The van der Waals surface area contributed by atoms with Crippen molar-refractivity contribution in [3.05, 3.63) is 69.3 Å². The molecule has 33 heavy (non-hydrogen) atoms. The van der Waals surface area contributed by atoms with Gasteiger partial charge in [0.15, 0.2) is 17.3 Å². The number of amides is 1. The van der Waals surface area contributed by atoms with Gasteiger partial charge < -0.3 is 30.2 Å². The fourth-order valence-electron chi connectivity index (χ4n) is 3.34. The highest BCUT2D eigenvalue weighted by Gasteiger charge is 2.20. The predicted molar refractivity (Wildman–Crippen MR) is 124 cm³/mol. The van der Waals surface area contributed by atoms with E-state index in [1.807, 2.05) is 19.9 Å². The molecule has 3 aromatic rings. The van der Waals surface area contributed by atoms with Crippen molar-refractivity contribution in [2.75, 3.05) is 24.8 Å². The molecule has 0 saturated heterocycles. The zero-order valence-corrected chi connectivity index (χ0v) is 19.0. The van der Waals surface area contributed by atoms with Crippen molar-refractivity contribution in [2.45, 2.75) is 33.4 Å². The summed E-state index contributed by atoms with van der Waals surface area (Å²) >= 11 is 0. The molecule has 10 nitrogen and oxygen atoms in total. The second-order valence-electron chi connectivity index (χ2n) is 7.58. The second kappa shape index (κ2) is 10.1. The molecule has 1 atom stereocenters. The molecule has 10 heteroatoms. The standard InChI is InChI=1S/C23H27N5O5/c1-13-5-7-18(29)21(14(13)2)15(3)33-19-11-17(26-27-22(19)24)23(31)25-16-6-8-20(30)28(12-16)9-10-32-4/h5-8,11-12,15,29H,9-10H2,1-4H3,(H2,24,27)(H,25,31). The summed E-state index contributed by atoms with van der Waals surface area (Å²) < 4.78 is 12.4. The van der Waals surface area contributed by atoms with Gasteiger partial charge in [0.2, 0.25) is 0 Å². The Hall–Kier alpha value is -3.92. The molecule has 1 aromatic carbocycles. The number of phenolic OH excluding ortho intramolecular Hbond substituents is 1. The number of pyridine rings is 1. The van der Waals surface area contributed by atoms with E-state index >= 15 is 0 Å². The summed E-state index contributed by atoms with van der Waals surface area (Å²) in [5.41, 5.74) is 8.61. The van der Waals surface area contributed by atoms with E-state index in [0.717, 1.165) is 11.1 Å². The third-order valence-corrected chi connectivity index (χ3v) is 5.27. The first-order valence-electron chi connectivity index (χ1n) is 10.3. The Morgan fingerprint density at radius 3 is 2.73 bits per heavy atom. The van der Waals surface area contributed by atoms with Gasteiger partial charge in [0, 0.05) is 37.5 Å². The number of phenols is 1. The molecule has 0 aliphatic carbocycles. The lowest BCUT2D eigenvalue weighted by Gasteiger charge is -2.20. The van der Waals surface area contributed by atoms with Gasteiger partial charge in [-0.15, -0.1) is 10.2 Å². The Balaban J connectivity index is 1.81. The Labute approximate surface area is 191 Å². The van der Waals surface area contributed by atoms with Crippen molar-refractivity contribution in [3.63, 3.8) is 0 Å². The second-order valence-corrected chi connectivity index (χ2v) is 7.58. The number of hydrogen-bond donors (Lipinski definition) is 3. The van der Waals surface area contributed by atoms with Crippen molar-refractivity contribution in [3.8, 4) is 11.5 Å². The number of nitrogens with zero attached hydrogens (tertiary/aromatic N) is 3. The van der Waals surface area contributed by atoms with E-state index in [0.29, 0.717) is 24.4 Å². The van der Waals surface area contributed by atoms with Crippen molar-refractivity contribution in [1.29, 1.82) is 0 Å². The van der Waals surface area contributed by atoms with Crippen molar-refractivity contribution < 1.29 is 19.4 Å². The van der Waals surface area contributed by atoms with E-state index in [1.165, 1.54) is 29.0 Å². The number of benzene rings is 1. The van der Waals surface area contributed by atoms with Crippen LogP contribution in [0.25, 0.3) is 0 Å². The van der Waals surface area contributed by atoms with Crippen LogP contribution in [0.2, 0.25) is 0 Å². The number of aryl methyl sites for hydroxylation is 1. The molecule has 3 rings (SSSR count). The molecule has 0 spiro atoms. The highest BCUT2D eigenvalue weighted by atomic mass is 16.5. The Morgan fingerprint density at radius 2 is 2.00 bits per heavy atom. The van der Waals surface area contributed by atoms with Gasteiger partial charge in [-0.3, -0.25) is 9.59 Å². The van der Waals surface area contributed by atoms with Crippen LogP contribution < -0.4 is 21.3 Å². The third kappa shape index (κ3) is 5.47. The molecule has 0 saturated carbocycles. The zero-order valence-electron chi connectivity index (χ0n) is 19.0. The average Bonchev–Trinajstić information content (AvgIpc) is 2.78. The number of carbonyl (C=O) groups is 1. The Morgan fingerprint density at radius 1 is 1.24 bits per heavy atom. The quantitative estimate of drug-likeness (QED) is 0.472. The minimum absolute atomic E-state index is 0.0105. The lowest BCUT2D eigenvalue weighted by atomic mass is 9.98. The number of ether oxygens (including phenoxy) is 2. The van der Waals surface area contributed by atoms with E-state index < -0.39 is 12.0 Å². The van der Waals surface area contributed by atoms with Gasteiger partial charge in [-0.25, -0.2) is 0 Å². The molecule has 2 heterocycles. The third-order valence-electron chi connectivity index (χ3n) is 5.27. The molecule has 0 aliphatic rings. The van der Waals surface area contributed by atoms with Crippen LogP contribution in [0.3, 0.4) is 0 Å². The fraction of sp³-hybridized carbons (Fsp3) is 0.304. The van der Waals surface area contributed by atoms with Gasteiger partial charge in [-0.05, 0) is 44.0 Å². The zero-order chi connectivity index (χ0) is 24.1. The van der Waals surface area contributed by atoms with Crippen LogP contribution in [0, 0.1) is 13.8 Å². The maximum Gasteiger partial charge on any atom is 0.276 e. The lowest BCUT2D eigenvalue weighted by molar-refractivity contribution is 0.102. The molecule has 4 N–H and O–H groups in total. The molecule has 0 aliphatic heterocycles. The highest BCUT2D eigenvalue weighted by Crippen LogP contribution is 2.34. The largest absolute Gasteiger partial charge is 0.508 e. The van der Waals surface area contributed by atoms with Gasteiger partial charge in [-0.2, -0.15) is 0 Å². The summed E-state index contributed by atoms with van der Waals surface area (Å²) in [6, 6.07) is 7.67. The summed E-state index contributed by atoms with van der Waals surface area (Å²) in [5.74, 6) is -0.274. The minimum atomic E-state index is -0.559. The van der Waals surface area contributed by atoms with Gasteiger partial charge >= 0.3 is 0 Å². The van der Waals surface area contributed by atoms with Gasteiger partial charge in [0.05, 0.1) is 12.3 Å². The molecular weight excluding hydrogens is 426 g/mol. The number of aromatic hydroxyl groups is 1. The number of hydrogen-bond acceptors (Lipinski definition) is 8. The van der Waals surface area contributed by atoms with Crippen LogP contribution in [0.15, 0.2) is 41.3 Å². The highest BCUT2D eigenvalue weighted by molar-refractivity contribution is 6.03. The molecule has 2 aromatic heterocycles. The minimum Gasteiger partial charge on any atom is -0.508 e. The van der Waals surface area contributed by atoms with Crippen LogP contribution >= 0.6 is 0 Å². The van der Waals surface area contributed by atoms with Gasteiger partial charge in [0.25, 0.3) is 11.5 Å². The smallest absolute Gasteiger partial charge is 0.276 e.